The molecule has 1 heterocycles. The molecule has 0 aromatic rings. The molecule has 0 saturated carbocycles. The molecule has 0 unspecified atom stereocenters. The minimum absolute atomic E-state index is 0.265. The van der Waals surface area contributed by atoms with E-state index in [0.717, 1.165) is 6.92 Å². The Morgan fingerprint density at radius 1 is 1.08 bits per heavy atom. The van der Waals surface area contributed by atoms with Gasteiger partial charge in [0.05, 0.1) is 12.3 Å². The molecule has 1 aliphatic heterocycles. The van der Waals surface area contributed by atoms with Crippen molar-refractivity contribution in [1.82, 2.24) is 0 Å². The SMILES string of the molecule is CC(=O)OC[C@H]1O[C@@H](OC(C)=O)C[P@](=O)(OC(C)C)[C@@H]1OC(C)=O. The van der Waals surface area contributed by atoms with E-state index in [4.69, 9.17) is 23.5 Å². The van der Waals surface area contributed by atoms with Crippen LogP contribution in [-0.4, -0.2) is 55.0 Å². The molecular weight excluding hydrogens is 343 g/mol. The number of hydrogen-bond donors (Lipinski definition) is 0. The lowest BCUT2D eigenvalue weighted by Gasteiger charge is -2.40. The third-order valence-corrected chi connectivity index (χ3v) is 5.66. The van der Waals surface area contributed by atoms with Crippen molar-refractivity contribution in [2.24, 2.45) is 0 Å². The van der Waals surface area contributed by atoms with Crippen LogP contribution >= 0.6 is 7.37 Å². The quantitative estimate of drug-likeness (QED) is 0.391. The largest absolute Gasteiger partial charge is 0.463 e. The average molecular weight is 366 g/mol. The maximum Gasteiger partial charge on any atom is 0.304 e. The summed E-state index contributed by atoms with van der Waals surface area (Å²) in [5.41, 5.74) is 0. The number of esters is 3. The Bertz CT molecular complexity index is 530. The lowest BCUT2D eigenvalue weighted by Crippen LogP contribution is -2.48. The van der Waals surface area contributed by atoms with E-state index in [0.29, 0.717) is 0 Å². The van der Waals surface area contributed by atoms with Gasteiger partial charge in [-0.1, -0.05) is 0 Å². The lowest BCUT2D eigenvalue weighted by molar-refractivity contribution is -0.207. The molecule has 0 bridgehead atoms. The van der Waals surface area contributed by atoms with Crippen LogP contribution in [0, 0.1) is 0 Å². The van der Waals surface area contributed by atoms with Gasteiger partial charge < -0.3 is 23.5 Å². The van der Waals surface area contributed by atoms with Crippen molar-refractivity contribution in [3.63, 3.8) is 0 Å². The minimum Gasteiger partial charge on any atom is -0.463 e. The average Bonchev–Trinajstić information content (AvgIpc) is 2.37. The molecule has 0 radical (unpaired) electrons. The van der Waals surface area contributed by atoms with Crippen molar-refractivity contribution in [2.45, 2.75) is 59.0 Å². The van der Waals surface area contributed by atoms with Crippen molar-refractivity contribution in [3.05, 3.63) is 0 Å². The van der Waals surface area contributed by atoms with Crippen LogP contribution < -0.4 is 0 Å². The van der Waals surface area contributed by atoms with Gasteiger partial charge in [0, 0.05) is 20.8 Å². The van der Waals surface area contributed by atoms with Crippen molar-refractivity contribution in [1.29, 1.82) is 0 Å². The highest BCUT2D eigenvalue weighted by Crippen LogP contribution is 2.58. The van der Waals surface area contributed by atoms with Gasteiger partial charge >= 0.3 is 17.9 Å². The number of rotatable bonds is 6. The molecule has 1 fully saturated rings. The Balaban J connectivity index is 3.11. The van der Waals surface area contributed by atoms with Crippen LogP contribution in [0.2, 0.25) is 0 Å². The summed E-state index contributed by atoms with van der Waals surface area (Å²) in [4.78, 5) is 33.6. The van der Waals surface area contributed by atoms with Crippen LogP contribution in [0.4, 0.5) is 0 Å². The first-order valence-corrected chi connectivity index (χ1v) is 9.32. The summed E-state index contributed by atoms with van der Waals surface area (Å²) in [5.74, 6) is -3.17. The molecule has 138 valence electrons. The Morgan fingerprint density at radius 3 is 2.12 bits per heavy atom. The second kappa shape index (κ2) is 8.60. The molecule has 1 saturated heterocycles. The van der Waals surface area contributed by atoms with Crippen molar-refractivity contribution in [2.75, 3.05) is 12.8 Å². The molecule has 0 N–H and O–H groups in total. The summed E-state index contributed by atoms with van der Waals surface area (Å²) in [6, 6.07) is 0. The Labute approximate surface area is 140 Å². The summed E-state index contributed by atoms with van der Waals surface area (Å²) in [6.45, 7) is 6.54. The summed E-state index contributed by atoms with van der Waals surface area (Å²) in [5, 5.41) is 0. The van der Waals surface area contributed by atoms with Gasteiger partial charge in [-0.25, -0.2) is 0 Å². The van der Waals surface area contributed by atoms with E-state index in [2.05, 4.69) is 0 Å². The van der Waals surface area contributed by atoms with E-state index in [9.17, 15) is 18.9 Å². The van der Waals surface area contributed by atoms with Crippen molar-refractivity contribution in [3.8, 4) is 0 Å². The van der Waals surface area contributed by atoms with E-state index >= 15 is 0 Å². The predicted molar refractivity (Wildman–Crippen MR) is 81.3 cm³/mol. The van der Waals surface area contributed by atoms with Gasteiger partial charge in [-0.15, -0.1) is 0 Å². The second-order valence-corrected chi connectivity index (χ2v) is 8.12. The molecule has 1 aliphatic rings. The van der Waals surface area contributed by atoms with E-state index in [1.165, 1.54) is 13.8 Å². The van der Waals surface area contributed by atoms with Gasteiger partial charge in [-0.2, -0.15) is 0 Å². The first-order valence-electron chi connectivity index (χ1n) is 7.44. The highest BCUT2D eigenvalue weighted by atomic mass is 31.2. The Morgan fingerprint density at radius 2 is 1.67 bits per heavy atom. The molecule has 1 rings (SSSR count). The monoisotopic (exact) mass is 366 g/mol. The van der Waals surface area contributed by atoms with Gasteiger partial charge in [0.2, 0.25) is 12.1 Å². The number of carbonyl (C=O) groups is 3. The topological polar surface area (TPSA) is 114 Å². The smallest absolute Gasteiger partial charge is 0.304 e. The van der Waals surface area contributed by atoms with Crippen molar-refractivity contribution < 1.29 is 42.4 Å². The summed E-state index contributed by atoms with van der Waals surface area (Å²) in [6.07, 6.45) is -2.93. The van der Waals surface area contributed by atoms with Crippen LogP contribution in [0.5, 0.6) is 0 Å². The zero-order chi connectivity index (χ0) is 18.5. The van der Waals surface area contributed by atoms with Gasteiger partial charge in [0.25, 0.3) is 7.37 Å². The fourth-order valence-electron chi connectivity index (χ4n) is 2.23. The minimum atomic E-state index is -3.60. The summed E-state index contributed by atoms with van der Waals surface area (Å²) < 4.78 is 39.2. The van der Waals surface area contributed by atoms with Gasteiger partial charge in [0.1, 0.15) is 12.7 Å². The Hall–Kier alpha value is -1.44. The molecule has 24 heavy (non-hydrogen) atoms. The number of ether oxygens (including phenoxy) is 4. The molecule has 4 atom stereocenters. The van der Waals surface area contributed by atoms with E-state index in [-0.39, 0.29) is 12.8 Å². The molecule has 0 aromatic heterocycles. The Kier molecular flexibility index (Phi) is 7.38. The normalized spacial score (nSPS) is 29.8. The number of carbonyl (C=O) groups excluding carboxylic acids is 3. The molecule has 10 heteroatoms. The first-order chi connectivity index (χ1) is 11.0. The predicted octanol–water partition coefficient (Wildman–Crippen LogP) is 1.43. The third-order valence-electron chi connectivity index (χ3n) is 2.86. The van der Waals surface area contributed by atoms with Crippen LogP contribution in [0.3, 0.4) is 0 Å². The fourth-order valence-corrected chi connectivity index (χ4v) is 4.90. The van der Waals surface area contributed by atoms with Crippen LogP contribution in [0.15, 0.2) is 0 Å². The summed E-state index contributed by atoms with van der Waals surface area (Å²) in [7, 11) is -3.60. The molecule has 0 aliphatic carbocycles. The van der Waals surface area contributed by atoms with Gasteiger partial charge in [-0.3, -0.25) is 18.9 Å². The maximum absolute atomic E-state index is 13.2. The standard InChI is InChI=1S/C14H23O9P/c1-8(2)23-24(18)7-13(20-10(4)16)22-12(6-19-9(3)15)14(24)21-11(5)17/h8,12-14H,6-7H2,1-5H3/t12-,13-,14+,24+/m1/s1. The molecule has 0 aromatic carbocycles. The molecule has 9 nitrogen and oxygen atoms in total. The van der Waals surface area contributed by atoms with Crippen LogP contribution in [0.25, 0.3) is 0 Å². The third kappa shape index (κ3) is 6.22. The van der Waals surface area contributed by atoms with E-state index < -0.39 is 49.6 Å². The van der Waals surface area contributed by atoms with Crippen molar-refractivity contribution >= 4 is 25.3 Å². The van der Waals surface area contributed by atoms with Crippen LogP contribution in [0.1, 0.15) is 34.6 Å². The summed E-state index contributed by atoms with van der Waals surface area (Å²) >= 11 is 0. The second-order valence-electron chi connectivity index (χ2n) is 5.58. The highest BCUT2D eigenvalue weighted by Gasteiger charge is 2.52. The first kappa shape index (κ1) is 20.6. The van der Waals surface area contributed by atoms with Gasteiger partial charge in [0.15, 0.2) is 0 Å². The lowest BCUT2D eigenvalue weighted by atomic mass is 10.4. The molecule has 0 amide bonds. The van der Waals surface area contributed by atoms with Crippen LogP contribution in [-0.2, 0) is 42.4 Å². The molecule has 0 spiro atoms. The molecular formula is C14H23O9P. The zero-order valence-corrected chi connectivity index (χ0v) is 15.2. The maximum atomic E-state index is 13.2. The zero-order valence-electron chi connectivity index (χ0n) is 14.3. The van der Waals surface area contributed by atoms with E-state index in [1.807, 2.05) is 0 Å². The van der Waals surface area contributed by atoms with Gasteiger partial charge in [-0.05, 0) is 13.8 Å². The fraction of sp³-hybridized carbons (Fsp3) is 0.786. The van der Waals surface area contributed by atoms with E-state index in [1.54, 1.807) is 13.8 Å². The number of hydrogen-bond acceptors (Lipinski definition) is 9. The highest BCUT2D eigenvalue weighted by molar-refractivity contribution is 7.59.